The third-order valence-electron chi connectivity index (χ3n) is 6.01. The lowest BCUT2D eigenvalue weighted by atomic mass is 10.1. The first-order chi connectivity index (χ1) is 15.6. The van der Waals surface area contributed by atoms with Crippen molar-refractivity contribution in [2.75, 3.05) is 19.7 Å². The van der Waals surface area contributed by atoms with Crippen molar-refractivity contribution in [1.82, 2.24) is 14.9 Å². The zero-order valence-corrected chi connectivity index (χ0v) is 18.4. The van der Waals surface area contributed by atoms with Crippen LogP contribution in [0.3, 0.4) is 0 Å². The minimum absolute atomic E-state index is 0.0369. The monoisotopic (exact) mass is 426 g/mol. The van der Waals surface area contributed by atoms with E-state index in [9.17, 15) is 5.26 Å². The molecule has 1 N–H and O–H groups in total. The molecule has 1 aliphatic rings. The molecule has 32 heavy (non-hydrogen) atoms. The van der Waals surface area contributed by atoms with E-state index in [-0.39, 0.29) is 6.10 Å². The highest BCUT2D eigenvalue weighted by molar-refractivity contribution is 5.88. The van der Waals surface area contributed by atoms with Gasteiger partial charge in [-0.3, -0.25) is 4.98 Å². The average Bonchev–Trinajstić information content (AvgIpc) is 3.13. The maximum atomic E-state index is 9.20. The fourth-order valence-electron chi connectivity index (χ4n) is 4.39. The summed E-state index contributed by atoms with van der Waals surface area (Å²) in [6, 6.07) is 16.1. The van der Waals surface area contributed by atoms with E-state index in [1.54, 1.807) is 0 Å². The minimum Gasteiger partial charge on any atom is -0.486 e. The number of rotatable bonds is 6. The van der Waals surface area contributed by atoms with Crippen LogP contribution in [0.1, 0.15) is 23.2 Å². The number of pyridine rings is 1. The van der Waals surface area contributed by atoms with Crippen LogP contribution in [0.2, 0.25) is 0 Å². The van der Waals surface area contributed by atoms with Crippen LogP contribution in [0.15, 0.2) is 48.7 Å². The standard InChI is InChI=1S/C26H26N4O2/c1-17-5-7-21-23(29-17)8-10-25-26(21)32-20(16-31-25)14-28-11-3-4-19-15-30(2)24-9-6-18(13-27)12-22(19)24/h5-10,12,15,20,28H,3-4,11,14,16H2,1-2H3/t20-/m0/s1. The first kappa shape index (κ1) is 20.3. The molecule has 4 aromatic rings. The van der Waals surface area contributed by atoms with Crippen molar-refractivity contribution in [2.24, 2.45) is 7.05 Å². The van der Waals surface area contributed by atoms with E-state index >= 15 is 0 Å². The molecule has 0 aliphatic carbocycles. The molecule has 0 unspecified atom stereocenters. The van der Waals surface area contributed by atoms with Gasteiger partial charge in [0.2, 0.25) is 0 Å². The lowest BCUT2D eigenvalue weighted by Gasteiger charge is -2.27. The van der Waals surface area contributed by atoms with E-state index in [0.717, 1.165) is 59.5 Å². The van der Waals surface area contributed by atoms with Gasteiger partial charge in [-0.1, -0.05) is 0 Å². The highest BCUT2D eigenvalue weighted by Crippen LogP contribution is 2.38. The second-order valence-corrected chi connectivity index (χ2v) is 8.38. The molecule has 0 bridgehead atoms. The highest BCUT2D eigenvalue weighted by Gasteiger charge is 2.23. The van der Waals surface area contributed by atoms with Gasteiger partial charge in [-0.05, 0) is 74.3 Å². The molecule has 1 aliphatic heterocycles. The van der Waals surface area contributed by atoms with E-state index in [4.69, 9.17) is 9.47 Å². The van der Waals surface area contributed by atoms with Gasteiger partial charge < -0.3 is 19.4 Å². The summed E-state index contributed by atoms with van der Waals surface area (Å²) in [6.07, 6.45) is 4.10. The molecular weight excluding hydrogens is 400 g/mol. The molecular formula is C26H26N4O2. The van der Waals surface area contributed by atoms with Gasteiger partial charge in [0, 0.05) is 41.8 Å². The van der Waals surface area contributed by atoms with Crippen LogP contribution in [-0.2, 0) is 13.5 Å². The van der Waals surface area contributed by atoms with E-state index in [1.807, 2.05) is 43.3 Å². The zero-order valence-electron chi connectivity index (χ0n) is 18.4. The summed E-state index contributed by atoms with van der Waals surface area (Å²) in [5, 5.41) is 14.9. The predicted octanol–water partition coefficient (Wildman–Crippen LogP) is 4.27. The third-order valence-corrected chi connectivity index (χ3v) is 6.01. The van der Waals surface area contributed by atoms with Gasteiger partial charge in [0.15, 0.2) is 11.5 Å². The third kappa shape index (κ3) is 3.88. The first-order valence-electron chi connectivity index (χ1n) is 11.0. The fraction of sp³-hybridized carbons (Fsp3) is 0.308. The molecule has 0 saturated carbocycles. The summed E-state index contributed by atoms with van der Waals surface area (Å²) in [7, 11) is 2.05. The second-order valence-electron chi connectivity index (χ2n) is 8.38. The van der Waals surface area contributed by atoms with Gasteiger partial charge in [0.25, 0.3) is 0 Å². The Hall–Kier alpha value is -3.56. The van der Waals surface area contributed by atoms with Crippen molar-refractivity contribution in [2.45, 2.75) is 25.9 Å². The minimum atomic E-state index is -0.0369. The maximum Gasteiger partial charge on any atom is 0.171 e. The number of nitrogens with one attached hydrogen (secondary N) is 1. The van der Waals surface area contributed by atoms with Crippen LogP contribution >= 0.6 is 0 Å². The molecule has 0 saturated heterocycles. The molecule has 6 heteroatoms. The number of benzene rings is 2. The van der Waals surface area contributed by atoms with E-state index in [2.05, 4.69) is 40.2 Å². The van der Waals surface area contributed by atoms with Gasteiger partial charge in [0.05, 0.1) is 17.1 Å². The summed E-state index contributed by atoms with van der Waals surface area (Å²) in [5.74, 6) is 1.57. The number of nitrogens with zero attached hydrogens (tertiary/aromatic N) is 3. The smallest absolute Gasteiger partial charge is 0.171 e. The quantitative estimate of drug-likeness (QED) is 0.466. The fourth-order valence-corrected chi connectivity index (χ4v) is 4.39. The lowest BCUT2D eigenvalue weighted by molar-refractivity contribution is 0.0925. The Kier molecular flexibility index (Phi) is 5.42. The molecule has 3 heterocycles. The first-order valence-corrected chi connectivity index (χ1v) is 11.0. The van der Waals surface area contributed by atoms with Gasteiger partial charge in [-0.25, -0.2) is 0 Å². The topological polar surface area (TPSA) is 72.1 Å². The highest BCUT2D eigenvalue weighted by atomic mass is 16.6. The summed E-state index contributed by atoms with van der Waals surface area (Å²) in [5.41, 5.74) is 5.06. The van der Waals surface area contributed by atoms with Gasteiger partial charge in [-0.15, -0.1) is 0 Å². The van der Waals surface area contributed by atoms with Crippen molar-refractivity contribution in [3.05, 3.63) is 65.5 Å². The van der Waals surface area contributed by atoms with Crippen LogP contribution in [0, 0.1) is 18.3 Å². The van der Waals surface area contributed by atoms with E-state index < -0.39 is 0 Å². The van der Waals surface area contributed by atoms with Crippen molar-refractivity contribution in [3.63, 3.8) is 0 Å². The van der Waals surface area contributed by atoms with Crippen LogP contribution in [0.4, 0.5) is 0 Å². The van der Waals surface area contributed by atoms with Gasteiger partial charge in [-0.2, -0.15) is 5.26 Å². The molecule has 2 aromatic carbocycles. The molecule has 0 amide bonds. The Morgan fingerprint density at radius 2 is 2.09 bits per heavy atom. The van der Waals surface area contributed by atoms with E-state index in [1.165, 1.54) is 10.9 Å². The van der Waals surface area contributed by atoms with Crippen molar-refractivity contribution < 1.29 is 9.47 Å². The number of hydrogen-bond acceptors (Lipinski definition) is 5. The normalized spacial score (nSPS) is 15.2. The zero-order chi connectivity index (χ0) is 22.1. The van der Waals surface area contributed by atoms with Crippen LogP contribution in [-0.4, -0.2) is 35.4 Å². The summed E-state index contributed by atoms with van der Waals surface area (Å²) in [4.78, 5) is 4.59. The Morgan fingerprint density at radius 1 is 1.19 bits per heavy atom. The summed E-state index contributed by atoms with van der Waals surface area (Å²) < 4.78 is 14.4. The van der Waals surface area contributed by atoms with Crippen LogP contribution in [0.5, 0.6) is 11.5 Å². The Labute approximate surface area is 187 Å². The van der Waals surface area contributed by atoms with Crippen molar-refractivity contribution in [1.29, 1.82) is 5.26 Å². The summed E-state index contributed by atoms with van der Waals surface area (Å²) >= 11 is 0. The average molecular weight is 427 g/mol. The molecule has 2 aromatic heterocycles. The molecule has 0 fully saturated rings. The molecule has 162 valence electrons. The van der Waals surface area contributed by atoms with Crippen LogP contribution < -0.4 is 14.8 Å². The SMILES string of the molecule is Cc1ccc2c3c(ccc2n1)OC[C@H](CNCCCc1cn(C)c2ccc(C#N)cc12)O3. The number of aryl methyl sites for hydroxylation is 3. The second kappa shape index (κ2) is 8.52. The number of aromatic nitrogens is 2. The molecule has 0 spiro atoms. The lowest BCUT2D eigenvalue weighted by Crippen LogP contribution is -2.38. The van der Waals surface area contributed by atoms with Gasteiger partial charge in [0.1, 0.15) is 12.7 Å². The Bertz CT molecular complexity index is 1340. The predicted molar refractivity (Wildman–Crippen MR) is 125 cm³/mol. The largest absolute Gasteiger partial charge is 0.486 e. The summed E-state index contributed by atoms with van der Waals surface area (Å²) in [6.45, 7) is 4.13. The number of hydrogen-bond donors (Lipinski definition) is 1. The molecule has 0 radical (unpaired) electrons. The van der Waals surface area contributed by atoms with Gasteiger partial charge >= 0.3 is 0 Å². The number of ether oxygens (including phenoxy) is 2. The van der Waals surface area contributed by atoms with E-state index in [0.29, 0.717) is 12.2 Å². The molecule has 5 rings (SSSR count). The van der Waals surface area contributed by atoms with Crippen molar-refractivity contribution in [3.8, 4) is 17.6 Å². The Morgan fingerprint density at radius 3 is 2.97 bits per heavy atom. The maximum absolute atomic E-state index is 9.20. The molecule has 6 nitrogen and oxygen atoms in total. The number of fused-ring (bicyclic) bond motifs is 4. The Balaban J connectivity index is 1.17. The van der Waals surface area contributed by atoms with Crippen molar-refractivity contribution >= 4 is 21.8 Å². The molecule has 1 atom stereocenters. The number of nitriles is 1. The van der Waals surface area contributed by atoms with Crippen LogP contribution in [0.25, 0.3) is 21.8 Å².